The van der Waals surface area contributed by atoms with Crippen molar-refractivity contribution in [3.05, 3.63) is 30.1 Å². The van der Waals surface area contributed by atoms with Crippen molar-refractivity contribution in [1.82, 2.24) is 0 Å². The van der Waals surface area contributed by atoms with Crippen LogP contribution in [0.2, 0.25) is 0 Å². The van der Waals surface area contributed by atoms with Crippen LogP contribution in [-0.4, -0.2) is 0 Å². The Kier molecular flexibility index (Phi) is 5.59. The van der Waals surface area contributed by atoms with Crippen LogP contribution >= 0.6 is 0 Å². The molecular formula is C8H12ClNO4. The molecule has 0 amide bonds. The molecule has 0 aliphatic rings. The third-order valence-corrected chi connectivity index (χ3v) is 1.42. The third kappa shape index (κ3) is 9.37. The molecule has 1 aromatic heterocycles. The van der Waals surface area contributed by atoms with E-state index in [1.54, 1.807) is 0 Å². The molecule has 0 saturated heterocycles. The van der Waals surface area contributed by atoms with Crippen molar-refractivity contribution in [3.8, 4) is 0 Å². The number of rotatable bonds is 1. The minimum absolute atomic E-state index is 1.06. The van der Waals surface area contributed by atoms with E-state index in [0.717, 1.165) is 6.54 Å². The molecule has 1 heterocycles. The van der Waals surface area contributed by atoms with E-state index in [-0.39, 0.29) is 0 Å². The third-order valence-electron chi connectivity index (χ3n) is 1.42. The number of halogens is 1. The maximum atomic E-state index is 8.49. The second-order valence-corrected chi connectivity index (χ2v) is 3.34. The van der Waals surface area contributed by atoms with Crippen molar-refractivity contribution < 1.29 is 33.4 Å². The van der Waals surface area contributed by atoms with Gasteiger partial charge in [-0.1, -0.05) is 0 Å². The molecule has 0 N–H and O–H groups in total. The summed E-state index contributed by atoms with van der Waals surface area (Å²) in [4.78, 5) is 0. The number of hydrogen-bond donors (Lipinski definition) is 0. The summed E-state index contributed by atoms with van der Waals surface area (Å²) in [5, 5.41) is 0. The van der Waals surface area contributed by atoms with Crippen molar-refractivity contribution >= 4 is 0 Å². The van der Waals surface area contributed by atoms with Gasteiger partial charge in [-0.05, 0) is 19.4 Å². The molecule has 0 atom stereocenters. The highest BCUT2D eigenvalue weighted by atomic mass is 35.7. The van der Waals surface area contributed by atoms with Gasteiger partial charge in [0.1, 0.15) is 6.54 Å². The lowest BCUT2D eigenvalue weighted by Gasteiger charge is -2.17. The molecular weight excluding hydrogens is 210 g/mol. The quantitative estimate of drug-likeness (QED) is 0.461. The first-order valence-corrected chi connectivity index (χ1v) is 5.14. The van der Waals surface area contributed by atoms with E-state index in [2.05, 4.69) is 42.9 Å². The van der Waals surface area contributed by atoms with Crippen LogP contribution in [-0.2, 0) is 6.54 Å². The van der Waals surface area contributed by atoms with Crippen LogP contribution in [0.4, 0.5) is 0 Å². The number of nitrogens with zero attached hydrogens (tertiary/aromatic N) is 1. The monoisotopic (exact) mass is 221 g/mol. The zero-order valence-electron chi connectivity index (χ0n) is 7.97. The van der Waals surface area contributed by atoms with Crippen molar-refractivity contribution in [1.29, 1.82) is 0 Å². The Morgan fingerprint density at radius 1 is 1.14 bits per heavy atom. The van der Waals surface area contributed by atoms with E-state index in [1.165, 1.54) is 5.56 Å². The van der Waals surface area contributed by atoms with E-state index in [9.17, 15) is 0 Å². The highest BCUT2D eigenvalue weighted by molar-refractivity contribution is 5.02. The first kappa shape index (κ1) is 13.3. The van der Waals surface area contributed by atoms with Crippen LogP contribution in [0.3, 0.4) is 0 Å². The second-order valence-electron chi connectivity index (χ2n) is 2.58. The van der Waals surface area contributed by atoms with Gasteiger partial charge in [-0.2, -0.15) is 0 Å². The number of hydrogen-bond acceptors (Lipinski definition) is 4. The molecule has 0 bridgehead atoms. The first-order valence-electron chi connectivity index (χ1n) is 3.90. The molecule has 0 aliphatic carbocycles. The average molecular weight is 222 g/mol. The van der Waals surface area contributed by atoms with E-state index < -0.39 is 10.2 Å². The maximum Gasteiger partial charge on any atom is 0.169 e. The lowest BCUT2D eigenvalue weighted by Crippen LogP contribution is -2.68. The van der Waals surface area contributed by atoms with Gasteiger partial charge in [0, 0.05) is 12.1 Å². The molecule has 0 spiro atoms. The lowest BCUT2D eigenvalue weighted by atomic mass is 10.3. The Balaban J connectivity index is 0.000000292. The van der Waals surface area contributed by atoms with E-state index in [0.29, 0.717) is 0 Å². The summed E-state index contributed by atoms with van der Waals surface area (Å²) < 4.78 is 36.1. The summed E-state index contributed by atoms with van der Waals surface area (Å²) in [7, 11) is -4.94. The molecule has 1 rings (SSSR count). The van der Waals surface area contributed by atoms with Crippen LogP contribution in [0.5, 0.6) is 0 Å². The highest BCUT2D eigenvalue weighted by Crippen LogP contribution is 1.88. The number of pyridine rings is 1. The molecule has 6 heteroatoms. The normalized spacial score (nSPS) is 10.4. The van der Waals surface area contributed by atoms with Crippen molar-refractivity contribution in [2.45, 2.75) is 20.4 Å². The summed E-state index contributed by atoms with van der Waals surface area (Å²) in [6.07, 6.45) is 4.19. The van der Waals surface area contributed by atoms with Crippen LogP contribution in [0.25, 0.3) is 0 Å². The standard InChI is InChI=1S/C8H12N.ClHO4/c1-3-9-6-4-8(2)5-7-9;2-1(3,4)5/h4-7H,3H2,1-2H3;(H,2,3,4,5)/q+1;/p-1. The van der Waals surface area contributed by atoms with Gasteiger partial charge in [0.15, 0.2) is 12.4 Å². The van der Waals surface area contributed by atoms with E-state index in [4.69, 9.17) is 18.6 Å². The molecule has 0 fully saturated rings. The van der Waals surface area contributed by atoms with E-state index >= 15 is 0 Å². The Labute approximate surface area is 84.6 Å². The molecule has 1 aromatic rings. The molecule has 0 aromatic carbocycles. The fraction of sp³-hybridized carbons (Fsp3) is 0.375. The topological polar surface area (TPSA) is 96.1 Å². The maximum absolute atomic E-state index is 8.49. The fourth-order valence-electron chi connectivity index (χ4n) is 0.743. The molecule has 0 unspecified atom stereocenters. The van der Waals surface area contributed by atoms with Gasteiger partial charge >= 0.3 is 0 Å². The van der Waals surface area contributed by atoms with Gasteiger partial charge in [-0.25, -0.2) is 23.2 Å². The van der Waals surface area contributed by atoms with Gasteiger partial charge in [0.2, 0.25) is 0 Å². The van der Waals surface area contributed by atoms with Gasteiger partial charge in [-0.15, -0.1) is 10.2 Å². The van der Waals surface area contributed by atoms with Crippen LogP contribution < -0.4 is 23.2 Å². The molecule has 80 valence electrons. The molecule has 0 aliphatic heterocycles. The largest absolute Gasteiger partial charge is 0.222 e. The fourth-order valence-corrected chi connectivity index (χ4v) is 0.743. The minimum atomic E-state index is -4.94. The van der Waals surface area contributed by atoms with Crippen LogP contribution in [0.1, 0.15) is 12.5 Å². The highest BCUT2D eigenvalue weighted by Gasteiger charge is 1.90. The molecule has 0 radical (unpaired) electrons. The number of aryl methyl sites for hydroxylation is 2. The van der Waals surface area contributed by atoms with Gasteiger partial charge in [-0.3, -0.25) is 0 Å². The zero-order valence-corrected chi connectivity index (χ0v) is 8.73. The summed E-state index contributed by atoms with van der Waals surface area (Å²) in [6, 6.07) is 4.23. The molecule has 0 saturated carbocycles. The Hall–Kier alpha value is -0.720. The molecule has 14 heavy (non-hydrogen) atoms. The minimum Gasteiger partial charge on any atom is -0.222 e. The predicted molar refractivity (Wildman–Crippen MR) is 37.0 cm³/mol. The van der Waals surface area contributed by atoms with Crippen molar-refractivity contribution in [2.75, 3.05) is 0 Å². The Morgan fingerprint density at radius 3 is 1.79 bits per heavy atom. The van der Waals surface area contributed by atoms with Gasteiger partial charge in [0.25, 0.3) is 0 Å². The summed E-state index contributed by atoms with van der Waals surface area (Å²) >= 11 is 0. The van der Waals surface area contributed by atoms with Crippen LogP contribution in [0, 0.1) is 17.2 Å². The summed E-state index contributed by atoms with van der Waals surface area (Å²) in [6.45, 7) is 5.29. The lowest BCUT2D eigenvalue weighted by molar-refractivity contribution is -2.00. The smallest absolute Gasteiger partial charge is 0.169 e. The summed E-state index contributed by atoms with van der Waals surface area (Å²) in [5.74, 6) is 0. The van der Waals surface area contributed by atoms with Crippen molar-refractivity contribution in [3.63, 3.8) is 0 Å². The molecule has 5 nitrogen and oxygen atoms in total. The first-order chi connectivity index (χ1) is 6.33. The van der Waals surface area contributed by atoms with Gasteiger partial charge < -0.3 is 0 Å². The van der Waals surface area contributed by atoms with Crippen molar-refractivity contribution in [2.24, 2.45) is 0 Å². The SMILES string of the molecule is CC[n+]1ccc(C)cc1.[O-][Cl+3]([O-])([O-])[O-]. The Bertz CT molecular complexity index is 251. The Morgan fingerprint density at radius 2 is 1.50 bits per heavy atom. The number of aromatic nitrogens is 1. The summed E-state index contributed by atoms with van der Waals surface area (Å²) in [5.41, 5.74) is 1.32. The van der Waals surface area contributed by atoms with Gasteiger partial charge in [0.05, 0.1) is 0 Å². The van der Waals surface area contributed by atoms with E-state index in [1.807, 2.05) is 0 Å². The zero-order chi connectivity index (χ0) is 11.2. The average Bonchev–Trinajstić information content (AvgIpc) is 2.03. The second kappa shape index (κ2) is 5.90. The van der Waals surface area contributed by atoms with Crippen LogP contribution in [0.15, 0.2) is 24.5 Å². The predicted octanol–water partition coefficient (Wildman–Crippen LogP) is -3.45.